The first kappa shape index (κ1) is 10.4. The molecule has 3 aromatic rings. The lowest BCUT2D eigenvalue weighted by molar-refractivity contribution is 0.640. The highest BCUT2D eigenvalue weighted by molar-refractivity contribution is 7.22. The molecule has 0 fully saturated rings. The van der Waals surface area contributed by atoms with Crippen molar-refractivity contribution in [2.24, 2.45) is 0 Å². The molecule has 1 aromatic carbocycles. The number of thiophene rings is 1. The lowest BCUT2D eigenvalue weighted by atomic mass is 10.2. The summed E-state index contributed by atoms with van der Waals surface area (Å²) in [5.41, 5.74) is 1.66. The van der Waals surface area contributed by atoms with Gasteiger partial charge in [0.05, 0.1) is 10.6 Å². The molecule has 0 saturated heterocycles. The highest BCUT2D eigenvalue weighted by atomic mass is 32.1. The fourth-order valence-corrected chi connectivity index (χ4v) is 2.72. The van der Waals surface area contributed by atoms with E-state index in [2.05, 4.69) is 10.2 Å². The Bertz CT molecular complexity index is 673. The lowest BCUT2D eigenvalue weighted by Gasteiger charge is -1.94. The second-order valence-electron chi connectivity index (χ2n) is 3.82. The molecule has 0 amide bonds. The zero-order valence-corrected chi connectivity index (χ0v) is 9.96. The molecule has 0 radical (unpaired) electrons. The minimum Gasteiger partial charge on any atom is -0.206 e. The van der Waals surface area contributed by atoms with Gasteiger partial charge >= 0.3 is 0 Å². The molecule has 0 unspecified atom stereocenters. The molecular weight excluding hydrogens is 235 g/mol. The van der Waals surface area contributed by atoms with Gasteiger partial charge in [0.25, 0.3) is 0 Å². The molecule has 0 saturated carbocycles. The Labute approximate surface area is 102 Å². The normalized spacial score (nSPS) is 10.9. The molecule has 0 atom stereocenters. The summed E-state index contributed by atoms with van der Waals surface area (Å²) in [6, 6.07) is 10.7. The van der Waals surface area contributed by atoms with Gasteiger partial charge in [-0.2, -0.15) is 5.10 Å². The van der Waals surface area contributed by atoms with Crippen LogP contribution in [-0.4, -0.2) is 10.2 Å². The van der Waals surface area contributed by atoms with Gasteiger partial charge in [-0.25, -0.2) is 4.39 Å². The molecular formula is C13H9FN2S. The second kappa shape index (κ2) is 3.89. The van der Waals surface area contributed by atoms with Crippen LogP contribution in [-0.2, 0) is 0 Å². The smallest absolute Gasteiger partial charge is 0.131 e. The van der Waals surface area contributed by atoms with Crippen LogP contribution in [0, 0.1) is 12.7 Å². The van der Waals surface area contributed by atoms with Gasteiger partial charge < -0.3 is 0 Å². The molecule has 0 spiro atoms. The van der Waals surface area contributed by atoms with Gasteiger partial charge in [0.2, 0.25) is 0 Å². The number of nitrogens with zero attached hydrogens (tertiary/aromatic N) is 2. The van der Waals surface area contributed by atoms with E-state index in [0.717, 1.165) is 21.0 Å². The molecule has 84 valence electrons. The lowest BCUT2D eigenvalue weighted by Crippen LogP contribution is -1.87. The van der Waals surface area contributed by atoms with Gasteiger partial charge in [-0.05, 0) is 37.3 Å². The molecule has 17 heavy (non-hydrogen) atoms. The summed E-state index contributed by atoms with van der Waals surface area (Å²) in [6.45, 7) is 1.89. The first-order valence-electron chi connectivity index (χ1n) is 5.23. The van der Waals surface area contributed by atoms with Gasteiger partial charge in [-0.1, -0.05) is 6.07 Å². The van der Waals surface area contributed by atoms with Gasteiger partial charge in [0.15, 0.2) is 0 Å². The van der Waals surface area contributed by atoms with Crippen LogP contribution in [0.5, 0.6) is 0 Å². The molecule has 0 aliphatic carbocycles. The number of hydrogen-bond acceptors (Lipinski definition) is 3. The van der Waals surface area contributed by atoms with Crippen LogP contribution < -0.4 is 0 Å². The van der Waals surface area contributed by atoms with Crippen LogP contribution in [0.2, 0.25) is 0 Å². The van der Waals surface area contributed by atoms with Crippen molar-refractivity contribution in [3.8, 4) is 10.6 Å². The van der Waals surface area contributed by atoms with E-state index in [4.69, 9.17) is 0 Å². The Morgan fingerprint density at radius 3 is 2.71 bits per heavy atom. The third kappa shape index (κ3) is 1.80. The number of aromatic nitrogens is 2. The monoisotopic (exact) mass is 244 g/mol. The first-order valence-corrected chi connectivity index (χ1v) is 6.04. The first-order chi connectivity index (χ1) is 8.24. The maximum absolute atomic E-state index is 13.6. The third-order valence-corrected chi connectivity index (χ3v) is 3.68. The Morgan fingerprint density at radius 2 is 2.00 bits per heavy atom. The minimum absolute atomic E-state index is 0.190. The van der Waals surface area contributed by atoms with Crippen LogP contribution in [0.4, 0.5) is 4.39 Å². The summed E-state index contributed by atoms with van der Waals surface area (Å²) < 4.78 is 14.5. The van der Waals surface area contributed by atoms with Crippen LogP contribution in [0.1, 0.15) is 5.69 Å². The molecule has 4 heteroatoms. The maximum atomic E-state index is 13.6. The average Bonchev–Trinajstić information content (AvgIpc) is 2.75. The molecule has 0 aliphatic heterocycles. The van der Waals surface area contributed by atoms with E-state index < -0.39 is 0 Å². The zero-order chi connectivity index (χ0) is 11.8. The Balaban J connectivity index is 2.18. The van der Waals surface area contributed by atoms with Crippen molar-refractivity contribution in [2.75, 3.05) is 0 Å². The van der Waals surface area contributed by atoms with Gasteiger partial charge in [-0.15, -0.1) is 16.4 Å². The predicted octanol–water partition coefficient (Wildman–Crippen LogP) is 3.81. The molecule has 2 aromatic heterocycles. The zero-order valence-electron chi connectivity index (χ0n) is 9.14. The Hall–Kier alpha value is -1.81. The van der Waals surface area contributed by atoms with E-state index in [1.807, 2.05) is 31.2 Å². The summed E-state index contributed by atoms with van der Waals surface area (Å²) >= 11 is 1.53. The van der Waals surface area contributed by atoms with Crippen LogP contribution in [0.25, 0.3) is 20.7 Å². The van der Waals surface area contributed by atoms with E-state index in [0.29, 0.717) is 5.39 Å². The maximum Gasteiger partial charge on any atom is 0.131 e. The highest BCUT2D eigenvalue weighted by Gasteiger charge is 2.08. The van der Waals surface area contributed by atoms with E-state index in [1.165, 1.54) is 17.4 Å². The molecule has 2 heterocycles. The number of benzene rings is 1. The third-order valence-electron chi connectivity index (χ3n) is 2.56. The van der Waals surface area contributed by atoms with Crippen molar-refractivity contribution in [3.05, 3.63) is 47.9 Å². The van der Waals surface area contributed by atoms with E-state index >= 15 is 0 Å². The molecule has 3 rings (SSSR count). The average molecular weight is 244 g/mol. The van der Waals surface area contributed by atoms with Gasteiger partial charge in [-0.3, -0.25) is 0 Å². The Morgan fingerprint density at radius 1 is 1.12 bits per heavy atom. The Kier molecular flexibility index (Phi) is 2.37. The minimum atomic E-state index is -0.190. The number of hydrogen-bond donors (Lipinski definition) is 0. The summed E-state index contributed by atoms with van der Waals surface area (Å²) in [5, 5.41) is 8.77. The van der Waals surface area contributed by atoms with E-state index in [-0.39, 0.29) is 5.82 Å². The van der Waals surface area contributed by atoms with Crippen LogP contribution in [0.15, 0.2) is 36.4 Å². The predicted molar refractivity (Wildman–Crippen MR) is 67.5 cm³/mol. The summed E-state index contributed by atoms with van der Waals surface area (Å²) in [6.07, 6.45) is 0. The largest absolute Gasteiger partial charge is 0.206 e. The van der Waals surface area contributed by atoms with Crippen molar-refractivity contribution in [3.63, 3.8) is 0 Å². The van der Waals surface area contributed by atoms with E-state index in [1.54, 1.807) is 6.07 Å². The summed E-state index contributed by atoms with van der Waals surface area (Å²) in [5.74, 6) is -0.190. The topological polar surface area (TPSA) is 25.8 Å². The highest BCUT2D eigenvalue weighted by Crippen LogP contribution is 2.33. The summed E-state index contributed by atoms with van der Waals surface area (Å²) in [4.78, 5) is 0.942. The van der Waals surface area contributed by atoms with Crippen molar-refractivity contribution in [1.29, 1.82) is 0 Å². The molecule has 2 nitrogen and oxygen atoms in total. The number of rotatable bonds is 1. The van der Waals surface area contributed by atoms with Gasteiger partial charge in [0, 0.05) is 10.1 Å². The van der Waals surface area contributed by atoms with Crippen LogP contribution in [0.3, 0.4) is 0 Å². The molecule has 0 bridgehead atoms. The molecule has 0 N–H and O–H groups in total. The van der Waals surface area contributed by atoms with Crippen molar-refractivity contribution in [2.45, 2.75) is 6.92 Å². The fourth-order valence-electron chi connectivity index (χ4n) is 1.68. The number of halogens is 1. The van der Waals surface area contributed by atoms with Crippen molar-refractivity contribution >= 4 is 21.4 Å². The second-order valence-corrected chi connectivity index (χ2v) is 4.91. The standard InChI is InChI=1S/C13H9FN2S/c1-8-5-6-11(16-15-8)13-7-9-10(14)3-2-4-12(9)17-13/h2-7H,1H3. The van der Waals surface area contributed by atoms with Crippen LogP contribution >= 0.6 is 11.3 Å². The fraction of sp³-hybridized carbons (Fsp3) is 0.0769. The van der Waals surface area contributed by atoms with Crippen molar-refractivity contribution < 1.29 is 4.39 Å². The SMILES string of the molecule is Cc1ccc(-c2cc3c(F)cccc3s2)nn1. The number of fused-ring (bicyclic) bond motifs is 1. The molecule has 0 aliphatic rings. The number of aryl methyl sites for hydroxylation is 1. The van der Waals surface area contributed by atoms with E-state index in [9.17, 15) is 4.39 Å². The quantitative estimate of drug-likeness (QED) is 0.650. The van der Waals surface area contributed by atoms with Gasteiger partial charge in [0.1, 0.15) is 11.5 Å². The summed E-state index contributed by atoms with van der Waals surface area (Å²) in [7, 11) is 0. The van der Waals surface area contributed by atoms with Crippen molar-refractivity contribution in [1.82, 2.24) is 10.2 Å².